The topological polar surface area (TPSA) is 121 Å². The molecule has 1 aromatic carbocycles. The van der Waals surface area contributed by atoms with Gasteiger partial charge in [0.05, 0.1) is 11.0 Å². The Morgan fingerprint density at radius 3 is 2.50 bits per heavy atom. The highest BCUT2D eigenvalue weighted by molar-refractivity contribution is 6.19. The van der Waals surface area contributed by atoms with Crippen LogP contribution < -0.4 is 5.32 Å². The molecule has 0 spiro atoms. The molecule has 0 saturated carbocycles. The Kier molecular flexibility index (Phi) is 4.79. The van der Waals surface area contributed by atoms with Gasteiger partial charge in [0.2, 0.25) is 5.91 Å². The lowest BCUT2D eigenvalue weighted by Crippen LogP contribution is -2.35. The molecule has 3 aromatic rings. The number of para-hydroxylation sites is 2. The monoisotopic (exact) mass is 378 g/mol. The molecule has 0 bridgehead atoms. The second kappa shape index (κ2) is 7.55. The van der Waals surface area contributed by atoms with Crippen LogP contribution in [0, 0.1) is 0 Å². The summed E-state index contributed by atoms with van der Waals surface area (Å²) in [5.41, 5.74) is 2.00. The maximum atomic E-state index is 12.2. The van der Waals surface area contributed by atoms with Crippen LogP contribution in [0.5, 0.6) is 0 Å². The van der Waals surface area contributed by atoms with Gasteiger partial charge in [0, 0.05) is 38.3 Å². The zero-order valence-electron chi connectivity index (χ0n) is 15.0. The van der Waals surface area contributed by atoms with E-state index in [1.54, 1.807) is 0 Å². The summed E-state index contributed by atoms with van der Waals surface area (Å²) in [6.45, 7) is 0.492. The predicted molar refractivity (Wildman–Crippen MR) is 99.4 cm³/mol. The van der Waals surface area contributed by atoms with Gasteiger partial charge in [-0.1, -0.05) is 12.1 Å². The lowest BCUT2D eigenvalue weighted by Gasteiger charge is -2.12. The largest absolute Gasteiger partial charge is 0.356 e. The van der Waals surface area contributed by atoms with E-state index in [-0.39, 0.29) is 30.3 Å². The number of imidazole rings is 1. The van der Waals surface area contributed by atoms with Crippen molar-refractivity contribution in [2.45, 2.75) is 19.3 Å². The third-order valence-corrected chi connectivity index (χ3v) is 4.51. The Hall–Kier alpha value is -3.62. The minimum absolute atomic E-state index is 0.00507. The van der Waals surface area contributed by atoms with E-state index in [2.05, 4.69) is 25.3 Å². The number of fused-ring (bicyclic) bond motifs is 2. The van der Waals surface area contributed by atoms with Crippen LogP contribution in [-0.2, 0) is 11.2 Å². The molecule has 28 heavy (non-hydrogen) atoms. The van der Waals surface area contributed by atoms with Crippen molar-refractivity contribution in [2.75, 3.05) is 13.1 Å². The van der Waals surface area contributed by atoms with Gasteiger partial charge in [0.15, 0.2) is 11.4 Å². The van der Waals surface area contributed by atoms with Crippen LogP contribution >= 0.6 is 0 Å². The van der Waals surface area contributed by atoms with Crippen LogP contribution in [0.1, 0.15) is 39.6 Å². The standard InChI is InChI=1S/C19H18N6O3/c26-15(7-11-25-18(27)16-17(19(25)28)22-10-9-21-16)20-8-3-6-14-23-12-4-1-2-5-13(12)24-14/h1-2,4-5,9-10H,3,6-8,11H2,(H,20,26)(H,23,24). The zero-order valence-corrected chi connectivity index (χ0v) is 15.0. The number of aromatic nitrogens is 4. The number of H-pyrrole nitrogens is 1. The Bertz CT molecular complexity index is 993. The van der Waals surface area contributed by atoms with Gasteiger partial charge in [0.25, 0.3) is 11.8 Å². The number of rotatable bonds is 7. The number of aryl methyl sites for hydroxylation is 1. The number of imide groups is 1. The molecular formula is C19H18N6O3. The summed E-state index contributed by atoms with van der Waals surface area (Å²) in [6.07, 6.45) is 4.21. The van der Waals surface area contributed by atoms with Crippen molar-refractivity contribution in [2.24, 2.45) is 0 Å². The van der Waals surface area contributed by atoms with E-state index < -0.39 is 11.8 Å². The molecule has 0 radical (unpaired) electrons. The summed E-state index contributed by atoms with van der Waals surface area (Å²) in [7, 11) is 0. The molecule has 2 aromatic heterocycles. The van der Waals surface area contributed by atoms with Crippen molar-refractivity contribution in [1.29, 1.82) is 0 Å². The third-order valence-electron chi connectivity index (χ3n) is 4.51. The molecule has 0 aliphatic carbocycles. The molecule has 9 heteroatoms. The van der Waals surface area contributed by atoms with Gasteiger partial charge in [-0.25, -0.2) is 15.0 Å². The Morgan fingerprint density at radius 1 is 1.07 bits per heavy atom. The number of amides is 3. The number of aromatic amines is 1. The first-order valence-corrected chi connectivity index (χ1v) is 9.01. The summed E-state index contributed by atoms with van der Waals surface area (Å²) >= 11 is 0. The first-order valence-electron chi connectivity index (χ1n) is 9.01. The van der Waals surface area contributed by atoms with Crippen molar-refractivity contribution in [3.05, 3.63) is 53.9 Å². The Morgan fingerprint density at radius 2 is 1.79 bits per heavy atom. The first kappa shape index (κ1) is 17.8. The summed E-state index contributed by atoms with van der Waals surface area (Å²) in [5, 5.41) is 2.80. The van der Waals surface area contributed by atoms with Crippen molar-refractivity contribution in [3.63, 3.8) is 0 Å². The summed E-state index contributed by atoms with van der Waals surface area (Å²) in [6, 6.07) is 7.80. The fraction of sp³-hybridized carbons (Fsp3) is 0.263. The molecule has 4 rings (SSSR count). The van der Waals surface area contributed by atoms with Crippen molar-refractivity contribution < 1.29 is 14.4 Å². The van der Waals surface area contributed by atoms with E-state index in [9.17, 15) is 14.4 Å². The molecule has 142 valence electrons. The average Bonchev–Trinajstić information content (AvgIpc) is 3.23. The molecular weight excluding hydrogens is 360 g/mol. The maximum Gasteiger partial charge on any atom is 0.281 e. The van der Waals surface area contributed by atoms with Crippen LogP contribution in [0.25, 0.3) is 11.0 Å². The highest BCUT2D eigenvalue weighted by atomic mass is 16.2. The molecule has 0 fully saturated rings. The second-order valence-corrected chi connectivity index (χ2v) is 6.42. The fourth-order valence-corrected chi connectivity index (χ4v) is 3.11. The smallest absolute Gasteiger partial charge is 0.281 e. The number of carbonyl (C=O) groups is 3. The number of nitrogens with zero attached hydrogens (tertiary/aromatic N) is 4. The van der Waals surface area contributed by atoms with Crippen LogP contribution in [0.4, 0.5) is 0 Å². The van der Waals surface area contributed by atoms with Crippen molar-refractivity contribution in [1.82, 2.24) is 30.2 Å². The second-order valence-electron chi connectivity index (χ2n) is 6.42. The van der Waals surface area contributed by atoms with Crippen LogP contribution in [0.2, 0.25) is 0 Å². The van der Waals surface area contributed by atoms with Gasteiger partial charge in [0.1, 0.15) is 5.82 Å². The molecule has 9 nitrogen and oxygen atoms in total. The van der Waals surface area contributed by atoms with Gasteiger partial charge in [-0.2, -0.15) is 0 Å². The molecule has 1 aliphatic rings. The molecule has 0 atom stereocenters. The lowest BCUT2D eigenvalue weighted by molar-refractivity contribution is -0.121. The minimum atomic E-state index is -0.509. The average molecular weight is 378 g/mol. The SMILES string of the molecule is O=C(CCN1C(=O)c2nccnc2C1=O)NCCCc1nc2ccccc2[nH]1. The minimum Gasteiger partial charge on any atom is -0.356 e. The Balaban J connectivity index is 1.21. The van der Waals surface area contributed by atoms with Gasteiger partial charge in [-0.3, -0.25) is 19.3 Å². The Labute approximate surface area is 160 Å². The highest BCUT2D eigenvalue weighted by Gasteiger charge is 2.37. The van der Waals surface area contributed by atoms with Gasteiger partial charge < -0.3 is 10.3 Å². The van der Waals surface area contributed by atoms with Crippen LogP contribution in [0.15, 0.2) is 36.7 Å². The van der Waals surface area contributed by atoms with Gasteiger partial charge in [-0.05, 0) is 18.6 Å². The number of nitrogens with one attached hydrogen (secondary N) is 2. The number of benzene rings is 1. The van der Waals surface area contributed by atoms with E-state index in [4.69, 9.17) is 0 Å². The number of carbonyl (C=O) groups excluding carboxylic acids is 3. The van der Waals surface area contributed by atoms with Gasteiger partial charge >= 0.3 is 0 Å². The van der Waals surface area contributed by atoms with E-state index >= 15 is 0 Å². The lowest BCUT2D eigenvalue weighted by atomic mass is 10.3. The molecule has 0 unspecified atom stereocenters. The van der Waals surface area contributed by atoms with Gasteiger partial charge in [-0.15, -0.1) is 0 Å². The van der Waals surface area contributed by atoms with E-state index in [0.29, 0.717) is 13.0 Å². The molecule has 3 heterocycles. The van der Waals surface area contributed by atoms with E-state index in [1.807, 2.05) is 24.3 Å². The highest BCUT2D eigenvalue weighted by Crippen LogP contribution is 2.18. The zero-order chi connectivity index (χ0) is 19.5. The fourth-order valence-electron chi connectivity index (χ4n) is 3.11. The molecule has 1 aliphatic heterocycles. The molecule has 2 N–H and O–H groups in total. The predicted octanol–water partition coefficient (Wildman–Crippen LogP) is 1.09. The van der Waals surface area contributed by atoms with Crippen molar-refractivity contribution in [3.8, 4) is 0 Å². The first-order chi connectivity index (χ1) is 13.6. The summed E-state index contributed by atoms with van der Waals surface area (Å²) in [5.74, 6) is -0.361. The summed E-state index contributed by atoms with van der Waals surface area (Å²) < 4.78 is 0. The normalized spacial score (nSPS) is 13.2. The van der Waals surface area contributed by atoms with E-state index in [1.165, 1.54) is 12.4 Å². The number of hydrogen-bond acceptors (Lipinski definition) is 6. The maximum absolute atomic E-state index is 12.2. The third kappa shape index (κ3) is 3.46. The van der Waals surface area contributed by atoms with Crippen LogP contribution in [0.3, 0.4) is 0 Å². The molecule has 3 amide bonds. The quantitative estimate of drug-likeness (QED) is 0.469. The molecule has 0 saturated heterocycles. The number of hydrogen-bond donors (Lipinski definition) is 2. The van der Waals surface area contributed by atoms with Crippen molar-refractivity contribution >= 4 is 28.8 Å². The summed E-state index contributed by atoms with van der Waals surface area (Å²) in [4.78, 5) is 52.9. The van der Waals surface area contributed by atoms with Crippen LogP contribution in [-0.4, -0.2) is 55.6 Å². The van der Waals surface area contributed by atoms with E-state index in [0.717, 1.165) is 28.2 Å².